The van der Waals surface area contributed by atoms with Gasteiger partial charge < -0.3 is 9.73 Å². The molecule has 0 atom stereocenters. The number of hydrogen-bond acceptors (Lipinski definition) is 2. The second-order valence-electron chi connectivity index (χ2n) is 5.12. The third kappa shape index (κ3) is 4.20. The molecule has 0 saturated heterocycles. The second-order valence-corrected chi connectivity index (χ2v) is 5.12. The Balaban J connectivity index is 1.58. The number of hydrogen-bond donors (Lipinski definition) is 1. The zero-order valence-corrected chi connectivity index (χ0v) is 12.6. The lowest BCUT2D eigenvalue weighted by molar-refractivity contribution is -0.116. The molecule has 3 rings (SSSR count). The van der Waals surface area contributed by atoms with Crippen molar-refractivity contribution in [3.63, 3.8) is 0 Å². The Hall–Kier alpha value is -3.07. The molecular weight excluding hydrogens is 286 g/mol. The number of nitrogens with one attached hydrogen (secondary N) is 1. The van der Waals surface area contributed by atoms with Gasteiger partial charge in [-0.3, -0.25) is 4.79 Å². The third-order valence-corrected chi connectivity index (χ3v) is 3.46. The summed E-state index contributed by atoms with van der Waals surface area (Å²) >= 11 is 0. The van der Waals surface area contributed by atoms with Crippen LogP contribution in [0.15, 0.2) is 83.5 Å². The highest BCUT2D eigenvalue weighted by atomic mass is 16.3. The van der Waals surface area contributed by atoms with Crippen molar-refractivity contribution in [3.8, 4) is 11.1 Å². The number of benzene rings is 2. The fourth-order valence-electron chi connectivity index (χ4n) is 2.24. The molecular formula is C20H17NO2. The maximum atomic E-state index is 11.8. The quantitative estimate of drug-likeness (QED) is 0.715. The van der Waals surface area contributed by atoms with E-state index in [1.807, 2.05) is 36.4 Å². The molecule has 2 aromatic carbocycles. The van der Waals surface area contributed by atoms with Gasteiger partial charge in [0.25, 0.3) is 0 Å². The van der Waals surface area contributed by atoms with Crippen LogP contribution >= 0.6 is 0 Å². The van der Waals surface area contributed by atoms with Crippen molar-refractivity contribution >= 4 is 12.0 Å². The van der Waals surface area contributed by atoms with Gasteiger partial charge in [0.15, 0.2) is 0 Å². The van der Waals surface area contributed by atoms with E-state index in [-0.39, 0.29) is 5.91 Å². The topological polar surface area (TPSA) is 42.2 Å². The van der Waals surface area contributed by atoms with Gasteiger partial charge in [0.1, 0.15) is 5.76 Å². The van der Waals surface area contributed by atoms with Crippen molar-refractivity contribution in [1.29, 1.82) is 0 Å². The molecule has 3 nitrogen and oxygen atoms in total. The highest BCUT2D eigenvalue weighted by Crippen LogP contribution is 2.19. The molecule has 3 heteroatoms. The molecule has 0 bridgehead atoms. The predicted molar refractivity (Wildman–Crippen MR) is 91.5 cm³/mol. The SMILES string of the molecule is O=C(/C=C/c1ccc(-c2ccccc2)cc1)NCc1ccco1. The monoisotopic (exact) mass is 303 g/mol. The van der Waals surface area contributed by atoms with Crippen LogP contribution in [0.3, 0.4) is 0 Å². The Kier molecular flexibility index (Phi) is 4.69. The van der Waals surface area contributed by atoms with Crippen LogP contribution in [-0.4, -0.2) is 5.91 Å². The summed E-state index contributed by atoms with van der Waals surface area (Å²) in [6.45, 7) is 0.392. The normalized spacial score (nSPS) is 10.8. The van der Waals surface area contributed by atoms with Crippen molar-refractivity contribution in [3.05, 3.63) is 90.4 Å². The summed E-state index contributed by atoms with van der Waals surface area (Å²) in [5.74, 6) is 0.590. The van der Waals surface area contributed by atoms with Gasteiger partial charge in [0, 0.05) is 6.08 Å². The van der Waals surface area contributed by atoms with Crippen LogP contribution in [0.4, 0.5) is 0 Å². The lowest BCUT2D eigenvalue weighted by Crippen LogP contribution is -2.19. The Bertz CT molecular complexity index is 772. The summed E-state index contributed by atoms with van der Waals surface area (Å²) in [6, 6.07) is 21.9. The predicted octanol–water partition coefficient (Wildman–Crippen LogP) is 4.28. The van der Waals surface area contributed by atoms with Gasteiger partial charge in [-0.15, -0.1) is 0 Å². The molecule has 1 aromatic heterocycles. The fourth-order valence-corrected chi connectivity index (χ4v) is 2.24. The van der Waals surface area contributed by atoms with Crippen molar-refractivity contribution in [2.24, 2.45) is 0 Å². The molecule has 0 aliphatic heterocycles. The van der Waals surface area contributed by atoms with Crippen LogP contribution in [0.5, 0.6) is 0 Å². The zero-order chi connectivity index (χ0) is 15.9. The minimum atomic E-state index is -0.145. The highest BCUT2D eigenvalue weighted by Gasteiger charge is 1.99. The van der Waals surface area contributed by atoms with E-state index in [9.17, 15) is 4.79 Å². The maximum absolute atomic E-state index is 11.8. The molecule has 1 amide bonds. The summed E-state index contributed by atoms with van der Waals surface area (Å²) in [5, 5.41) is 2.77. The van der Waals surface area contributed by atoms with E-state index in [1.165, 1.54) is 11.6 Å². The average molecular weight is 303 g/mol. The number of carbonyl (C=O) groups is 1. The van der Waals surface area contributed by atoms with E-state index < -0.39 is 0 Å². The van der Waals surface area contributed by atoms with E-state index >= 15 is 0 Å². The lowest BCUT2D eigenvalue weighted by atomic mass is 10.0. The van der Waals surface area contributed by atoms with Crippen LogP contribution in [0, 0.1) is 0 Å². The van der Waals surface area contributed by atoms with E-state index in [4.69, 9.17) is 4.42 Å². The molecule has 1 heterocycles. The number of rotatable bonds is 5. The first-order valence-electron chi connectivity index (χ1n) is 7.45. The Morgan fingerprint density at radius 1 is 0.913 bits per heavy atom. The lowest BCUT2D eigenvalue weighted by Gasteiger charge is -2.02. The largest absolute Gasteiger partial charge is 0.467 e. The Morgan fingerprint density at radius 3 is 2.35 bits per heavy atom. The van der Waals surface area contributed by atoms with Crippen molar-refractivity contribution < 1.29 is 9.21 Å². The molecule has 0 aliphatic carbocycles. The first-order chi connectivity index (χ1) is 11.3. The Labute approximate surface area is 135 Å². The van der Waals surface area contributed by atoms with Gasteiger partial charge in [-0.2, -0.15) is 0 Å². The van der Waals surface area contributed by atoms with E-state index in [1.54, 1.807) is 18.4 Å². The van der Waals surface area contributed by atoms with Crippen LogP contribution in [0.2, 0.25) is 0 Å². The molecule has 0 saturated carbocycles. The molecule has 0 fully saturated rings. The number of amides is 1. The first kappa shape index (κ1) is 14.9. The van der Waals surface area contributed by atoms with Crippen molar-refractivity contribution in [1.82, 2.24) is 5.32 Å². The summed E-state index contributed by atoms with van der Waals surface area (Å²) in [4.78, 5) is 11.8. The molecule has 23 heavy (non-hydrogen) atoms. The van der Waals surface area contributed by atoms with Crippen LogP contribution < -0.4 is 5.32 Å². The summed E-state index contributed by atoms with van der Waals surface area (Å²) in [7, 11) is 0. The van der Waals surface area contributed by atoms with E-state index in [2.05, 4.69) is 29.6 Å². The minimum Gasteiger partial charge on any atom is -0.467 e. The van der Waals surface area contributed by atoms with E-state index in [0.29, 0.717) is 6.54 Å². The minimum absolute atomic E-state index is 0.145. The highest BCUT2D eigenvalue weighted by molar-refractivity contribution is 5.91. The fraction of sp³-hybridized carbons (Fsp3) is 0.0500. The molecule has 0 aliphatic rings. The van der Waals surface area contributed by atoms with Crippen LogP contribution in [-0.2, 0) is 11.3 Å². The van der Waals surface area contributed by atoms with Crippen LogP contribution in [0.1, 0.15) is 11.3 Å². The van der Waals surface area contributed by atoms with Crippen molar-refractivity contribution in [2.75, 3.05) is 0 Å². The summed E-state index contributed by atoms with van der Waals surface area (Å²) in [5.41, 5.74) is 3.32. The number of carbonyl (C=O) groups excluding carboxylic acids is 1. The maximum Gasteiger partial charge on any atom is 0.244 e. The molecule has 1 N–H and O–H groups in total. The van der Waals surface area contributed by atoms with Gasteiger partial charge in [-0.1, -0.05) is 54.6 Å². The zero-order valence-electron chi connectivity index (χ0n) is 12.6. The second kappa shape index (κ2) is 7.27. The first-order valence-corrected chi connectivity index (χ1v) is 7.45. The molecule has 0 unspecified atom stereocenters. The number of furan rings is 1. The van der Waals surface area contributed by atoms with Gasteiger partial charge in [0.2, 0.25) is 5.91 Å². The molecule has 0 radical (unpaired) electrons. The van der Waals surface area contributed by atoms with Gasteiger partial charge in [-0.25, -0.2) is 0 Å². The third-order valence-electron chi connectivity index (χ3n) is 3.46. The average Bonchev–Trinajstić information content (AvgIpc) is 3.13. The van der Waals surface area contributed by atoms with E-state index in [0.717, 1.165) is 16.9 Å². The van der Waals surface area contributed by atoms with Crippen molar-refractivity contribution in [2.45, 2.75) is 6.54 Å². The van der Waals surface area contributed by atoms with Gasteiger partial charge in [-0.05, 0) is 34.9 Å². The summed E-state index contributed by atoms with van der Waals surface area (Å²) < 4.78 is 5.16. The van der Waals surface area contributed by atoms with Gasteiger partial charge >= 0.3 is 0 Å². The van der Waals surface area contributed by atoms with Gasteiger partial charge in [0.05, 0.1) is 12.8 Å². The Morgan fingerprint density at radius 2 is 1.65 bits per heavy atom. The standard InChI is InChI=1S/C20H17NO2/c22-20(21-15-19-7-4-14-23-19)13-10-16-8-11-18(12-9-16)17-5-2-1-3-6-17/h1-14H,15H2,(H,21,22)/b13-10+. The molecule has 0 spiro atoms. The molecule has 3 aromatic rings. The van der Waals surface area contributed by atoms with Crippen LogP contribution in [0.25, 0.3) is 17.2 Å². The molecule has 114 valence electrons. The smallest absolute Gasteiger partial charge is 0.244 e. The summed E-state index contributed by atoms with van der Waals surface area (Å²) in [6.07, 6.45) is 4.92.